The predicted octanol–water partition coefficient (Wildman–Crippen LogP) is 4.51. The third-order valence-corrected chi connectivity index (χ3v) is 4.91. The highest BCUT2D eigenvalue weighted by atomic mass is 19.4. The fourth-order valence-corrected chi connectivity index (χ4v) is 3.64. The molecule has 1 unspecified atom stereocenters. The summed E-state index contributed by atoms with van der Waals surface area (Å²) in [7, 11) is 0. The maximum atomic E-state index is 12.9. The number of likely N-dealkylation sites (tertiary alicyclic amines) is 1. The first kappa shape index (κ1) is 18.0. The summed E-state index contributed by atoms with van der Waals surface area (Å²) in [5, 5.41) is 3.50. The van der Waals surface area contributed by atoms with Gasteiger partial charge in [-0.15, -0.1) is 0 Å². The molecule has 2 aromatic rings. The van der Waals surface area contributed by atoms with Gasteiger partial charge in [0.05, 0.1) is 5.56 Å². The van der Waals surface area contributed by atoms with Crippen molar-refractivity contribution in [2.75, 3.05) is 25.2 Å². The third-order valence-electron chi connectivity index (χ3n) is 4.91. The summed E-state index contributed by atoms with van der Waals surface area (Å²) in [6, 6.07) is 11.6. The van der Waals surface area contributed by atoms with E-state index in [2.05, 4.69) is 10.2 Å². The molecule has 2 aliphatic rings. The number of rotatable bonds is 4. The fraction of sp³-hybridized carbons (Fsp3) is 0.400. The topological polar surface area (TPSA) is 33.7 Å². The predicted molar refractivity (Wildman–Crippen MR) is 95.9 cm³/mol. The number of nitrogens with zero attached hydrogens (tertiary/aromatic N) is 1. The normalized spacial score (nSPS) is 19.9. The molecule has 7 heteroatoms. The second kappa shape index (κ2) is 7.31. The molecule has 27 heavy (non-hydrogen) atoms. The van der Waals surface area contributed by atoms with Crippen molar-refractivity contribution in [3.8, 4) is 11.5 Å². The van der Waals surface area contributed by atoms with Gasteiger partial charge in [0.1, 0.15) is 0 Å². The molecule has 2 aliphatic heterocycles. The van der Waals surface area contributed by atoms with E-state index >= 15 is 0 Å². The largest absolute Gasteiger partial charge is 0.454 e. The van der Waals surface area contributed by atoms with Gasteiger partial charge in [-0.3, -0.25) is 4.90 Å². The summed E-state index contributed by atoms with van der Waals surface area (Å²) in [6.07, 6.45) is -2.28. The first-order chi connectivity index (χ1) is 13.0. The SMILES string of the molecule is FC(F)(F)c1cccc(CN2CCCC(Nc3ccc4c(c3)OCO4)C2)c1. The Kier molecular flexibility index (Phi) is 4.86. The number of hydrogen-bond acceptors (Lipinski definition) is 4. The molecule has 2 aromatic carbocycles. The van der Waals surface area contributed by atoms with Crippen LogP contribution in [0.1, 0.15) is 24.0 Å². The molecule has 0 aliphatic carbocycles. The Balaban J connectivity index is 1.38. The lowest BCUT2D eigenvalue weighted by atomic mass is 10.0. The van der Waals surface area contributed by atoms with Crippen molar-refractivity contribution in [3.05, 3.63) is 53.6 Å². The number of fused-ring (bicyclic) bond motifs is 1. The van der Waals surface area contributed by atoms with Crippen LogP contribution in [0.2, 0.25) is 0 Å². The third kappa shape index (κ3) is 4.30. The Morgan fingerprint density at radius 3 is 2.78 bits per heavy atom. The first-order valence-electron chi connectivity index (χ1n) is 9.02. The zero-order chi connectivity index (χ0) is 18.9. The smallest absolute Gasteiger partial charge is 0.416 e. The molecule has 1 saturated heterocycles. The van der Waals surface area contributed by atoms with Crippen LogP contribution >= 0.6 is 0 Å². The summed E-state index contributed by atoms with van der Waals surface area (Å²) in [5.41, 5.74) is 1.06. The van der Waals surface area contributed by atoms with Gasteiger partial charge in [-0.1, -0.05) is 18.2 Å². The number of ether oxygens (including phenoxy) is 2. The van der Waals surface area contributed by atoms with Gasteiger partial charge in [-0.2, -0.15) is 13.2 Å². The maximum absolute atomic E-state index is 12.9. The van der Waals surface area contributed by atoms with Crippen LogP contribution in [0.4, 0.5) is 18.9 Å². The fourth-order valence-electron chi connectivity index (χ4n) is 3.64. The van der Waals surface area contributed by atoms with E-state index in [1.807, 2.05) is 18.2 Å². The van der Waals surface area contributed by atoms with Gasteiger partial charge < -0.3 is 14.8 Å². The van der Waals surface area contributed by atoms with Crippen molar-refractivity contribution in [1.82, 2.24) is 4.90 Å². The van der Waals surface area contributed by atoms with Crippen molar-refractivity contribution in [2.45, 2.75) is 31.6 Å². The average molecular weight is 378 g/mol. The van der Waals surface area contributed by atoms with Crippen LogP contribution in [0.3, 0.4) is 0 Å². The lowest BCUT2D eigenvalue weighted by molar-refractivity contribution is -0.137. The highest BCUT2D eigenvalue weighted by Crippen LogP contribution is 2.35. The minimum Gasteiger partial charge on any atom is -0.454 e. The zero-order valence-corrected chi connectivity index (χ0v) is 14.8. The molecule has 144 valence electrons. The van der Waals surface area contributed by atoms with Crippen molar-refractivity contribution < 1.29 is 22.6 Å². The first-order valence-corrected chi connectivity index (χ1v) is 9.02. The molecule has 0 bridgehead atoms. The van der Waals surface area contributed by atoms with Crippen LogP contribution in [0, 0.1) is 0 Å². The lowest BCUT2D eigenvalue weighted by Crippen LogP contribution is -2.41. The van der Waals surface area contributed by atoms with Crippen molar-refractivity contribution in [2.24, 2.45) is 0 Å². The summed E-state index contributed by atoms with van der Waals surface area (Å²) in [5.74, 6) is 1.48. The minimum atomic E-state index is -4.30. The quantitative estimate of drug-likeness (QED) is 0.849. The van der Waals surface area contributed by atoms with Gasteiger partial charge in [0.25, 0.3) is 0 Å². The van der Waals surface area contributed by atoms with Crippen LogP contribution in [0.15, 0.2) is 42.5 Å². The van der Waals surface area contributed by atoms with Gasteiger partial charge in [-0.05, 0) is 43.1 Å². The van der Waals surface area contributed by atoms with E-state index in [4.69, 9.17) is 9.47 Å². The number of piperidine rings is 1. The van der Waals surface area contributed by atoms with Crippen LogP contribution in [0.5, 0.6) is 11.5 Å². The number of alkyl halides is 3. The van der Waals surface area contributed by atoms with Crippen molar-refractivity contribution >= 4 is 5.69 Å². The van der Waals surface area contributed by atoms with Gasteiger partial charge in [-0.25, -0.2) is 0 Å². The van der Waals surface area contributed by atoms with Crippen LogP contribution in [0.25, 0.3) is 0 Å². The van der Waals surface area contributed by atoms with E-state index in [9.17, 15) is 13.2 Å². The molecule has 0 amide bonds. The summed E-state index contributed by atoms with van der Waals surface area (Å²) >= 11 is 0. The van der Waals surface area contributed by atoms with Crippen LogP contribution in [-0.4, -0.2) is 30.8 Å². The summed E-state index contributed by atoms with van der Waals surface area (Å²) < 4.78 is 49.4. The molecule has 2 heterocycles. The average Bonchev–Trinajstić information content (AvgIpc) is 3.09. The maximum Gasteiger partial charge on any atom is 0.416 e. The van der Waals surface area contributed by atoms with Gasteiger partial charge in [0.2, 0.25) is 6.79 Å². The van der Waals surface area contributed by atoms with Crippen molar-refractivity contribution in [1.29, 1.82) is 0 Å². The van der Waals surface area contributed by atoms with Gasteiger partial charge >= 0.3 is 6.18 Å². The molecule has 0 saturated carbocycles. The lowest BCUT2D eigenvalue weighted by Gasteiger charge is -2.33. The minimum absolute atomic E-state index is 0.241. The number of hydrogen-bond donors (Lipinski definition) is 1. The van der Waals surface area contributed by atoms with E-state index < -0.39 is 11.7 Å². The zero-order valence-electron chi connectivity index (χ0n) is 14.8. The van der Waals surface area contributed by atoms with Gasteiger partial charge in [0.15, 0.2) is 11.5 Å². The van der Waals surface area contributed by atoms with Gasteiger partial charge in [0, 0.05) is 30.9 Å². The van der Waals surface area contributed by atoms with Crippen LogP contribution < -0.4 is 14.8 Å². The Morgan fingerprint density at radius 1 is 1.07 bits per heavy atom. The molecule has 1 fully saturated rings. The monoisotopic (exact) mass is 378 g/mol. The molecule has 4 nitrogen and oxygen atoms in total. The molecule has 1 atom stereocenters. The van der Waals surface area contributed by atoms with Crippen LogP contribution in [-0.2, 0) is 12.7 Å². The van der Waals surface area contributed by atoms with E-state index in [1.165, 1.54) is 12.1 Å². The Labute approximate surface area is 155 Å². The number of nitrogens with one attached hydrogen (secondary N) is 1. The van der Waals surface area contributed by atoms with E-state index in [0.717, 1.165) is 49.2 Å². The molecule has 0 aromatic heterocycles. The molecule has 1 N–H and O–H groups in total. The highest BCUT2D eigenvalue weighted by molar-refractivity contribution is 5.56. The molecule has 4 rings (SSSR count). The second-order valence-electron chi connectivity index (χ2n) is 6.98. The second-order valence-corrected chi connectivity index (χ2v) is 6.98. The molecule has 0 spiro atoms. The summed E-state index contributed by atoms with van der Waals surface area (Å²) in [6.45, 7) is 2.43. The number of halogens is 3. The number of anilines is 1. The Morgan fingerprint density at radius 2 is 1.93 bits per heavy atom. The molecular weight excluding hydrogens is 357 g/mol. The number of benzene rings is 2. The van der Waals surface area contributed by atoms with Crippen molar-refractivity contribution in [3.63, 3.8) is 0 Å². The van der Waals surface area contributed by atoms with E-state index in [-0.39, 0.29) is 12.8 Å². The Hall–Kier alpha value is -2.41. The summed E-state index contributed by atoms with van der Waals surface area (Å²) in [4.78, 5) is 2.20. The highest BCUT2D eigenvalue weighted by Gasteiger charge is 2.30. The molecular formula is C20H21F3N2O2. The Bertz CT molecular complexity index is 810. The molecule has 0 radical (unpaired) electrons. The standard InChI is InChI=1S/C20H21F3N2O2/c21-20(22,23)15-4-1-3-14(9-15)11-25-8-2-5-17(12-25)24-16-6-7-18-19(10-16)27-13-26-18/h1,3-4,6-7,9-10,17,24H,2,5,8,11-13H2. The van der Waals surface area contributed by atoms with E-state index in [1.54, 1.807) is 6.07 Å². The van der Waals surface area contributed by atoms with E-state index in [0.29, 0.717) is 12.1 Å².